The maximum absolute atomic E-state index is 12.5. The molecule has 5 rings (SSSR count). The Kier molecular flexibility index (Phi) is 6.16. The number of hydrogen-bond donors (Lipinski definition) is 0. The summed E-state index contributed by atoms with van der Waals surface area (Å²) in [6.45, 7) is 2.36. The van der Waals surface area contributed by atoms with Gasteiger partial charge in [0.1, 0.15) is 0 Å². The fourth-order valence-electron chi connectivity index (χ4n) is 4.40. The SMILES string of the molecule is COc1cccc(-c2nc(-c3ccc4c(c3)ncn4CCC(=O)N3CCCCC3)no2)c1OC. The number of rotatable bonds is 7. The maximum atomic E-state index is 12.5. The van der Waals surface area contributed by atoms with Crippen LogP contribution in [0.5, 0.6) is 11.5 Å². The molecule has 0 spiro atoms. The zero-order valence-electron chi connectivity index (χ0n) is 19.4. The third-order valence-corrected chi connectivity index (χ3v) is 6.21. The Bertz CT molecular complexity index is 1310. The standard InChI is InChI=1S/C25H27N5O4/c1-32-21-8-6-7-18(23(21)33-2)25-27-24(28-34-25)17-9-10-20-19(15-17)26-16-30(20)14-11-22(31)29-12-4-3-5-13-29/h6-10,15-16H,3-5,11-14H2,1-2H3. The number of amides is 1. The normalized spacial score (nSPS) is 13.9. The smallest absolute Gasteiger partial charge is 0.262 e. The third kappa shape index (κ3) is 4.21. The van der Waals surface area contributed by atoms with Crippen molar-refractivity contribution in [3.05, 3.63) is 42.7 Å². The highest BCUT2D eigenvalue weighted by Gasteiger charge is 2.19. The molecule has 34 heavy (non-hydrogen) atoms. The number of carbonyl (C=O) groups is 1. The molecule has 4 aromatic rings. The molecular formula is C25H27N5O4. The molecule has 0 aliphatic carbocycles. The van der Waals surface area contributed by atoms with Crippen LogP contribution in [-0.2, 0) is 11.3 Å². The van der Waals surface area contributed by atoms with Crippen molar-refractivity contribution in [2.24, 2.45) is 0 Å². The molecule has 1 saturated heterocycles. The van der Waals surface area contributed by atoms with Crippen LogP contribution in [0, 0.1) is 0 Å². The van der Waals surface area contributed by atoms with Gasteiger partial charge in [0.2, 0.25) is 11.7 Å². The number of ether oxygens (including phenoxy) is 2. The van der Waals surface area contributed by atoms with E-state index in [2.05, 4.69) is 15.1 Å². The molecule has 1 aliphatic rings. The lowest BCUT2D eigenvalue weighted by atomic mass is 10.1. The molecule has 0 unspecified atom stereocenters. The molecular weight excluding hydrogens is 434 g/mol. The van der Waals surface area contributed by atoms with E-state index in [1.807, 2.05) is 45.9 Å². The highest BCUT2D eigenvalue weighted by atomic mass is 16.5. The number of carbonyl (C=O) groups excluding carboxylic acids is 1. The molecule has 1 aliphatic heterocycles. The van der Waals surface area contributed by atoms with E-state index < -0.39 is 0 Å². The molecule has 9 nitrogen and oxygen atoms in total. The van der Waals surface area contributed by atoms with Gasteiger partial charge in [-0.3, -0.25) is 4.79 Å². The minimum Gasteiger partial charge on any atom is -0.493 e. The summed E-state index contributed by atoms with van der Waals surface area (Å²) in [4.78, 5) is 23.6. The van der Waals surface area contributed by atoms with Crippen molar-refractivity contribution < 1.29 is 18.8 Å². The van der Waals surface area contributed by atoms with Gasteiger partial charge in [-0.25, -0.2) is 4.98 Å². The number of aryl methyl sites for hydroxylation is 1. The Balaban J connectivity index is 1.34. The van der Waals surface area contributed by atoms with E-state index in [-0.39, 0.29) is 5.91 Å². The van der Waals surface area contributed by atoms with Crippen LogP contribution >= 0.6 is 0 Å². The fourth-order valence-corrected chi connectivity index (χ4v) is 4.40. The van der Waals surface area contributed by atoms with Crippen molar-refractivity contribution in [1.82, 2.24) is 24.6 Å². The molecule has 0 saturated carbocycles. The molecule has 3 heterocycles. The van der Waals surface area contributed by atoms with Crippen LogP contribution in [0.1, 0.15) is 25.7 Å². The molecule has 176 valence electrons. The first-order valence-corrected chi connectivity index (χ1v) is 11.5. The van der Waals surface area contributed by atoms with Crippen molar-refractivity contribution in [3.63, 3.8) is 0 Å². The predicted octanol–water partition coefficient (Wildman–Crippen LogP) is 4.17. The Labute approximate surface area is 197 Å². The van der Waals surface area contributed by atoms with E-state index in [0.717, 1.165) is 42.5 Å². The highest BCUT2D eigenvalue weighted by molar-refractivity contribution is 5.81. The van der Waals surface area contributed by atoms with Gasteiger partial charge in [-0.1, -0.05) is 11.2 Å². The first-order valence-electron chi connectivity index (χ1n) is 11.5. The van der Waals surface area contributed by atoms with E-state index >= 15 is 0 Å². The largest absolute Gasteiger partial charge is 0.493 e. The zero-order valence-corrected chi connectivity index (χ0v) is 19.4. The van der Waals surface area contributed by atoms with Crippen LogP contribution in [0.2, 0.25) is 0 Å². The molecule has 0 radical (unpaired) electrons. The highest BCUT2D eigenvalue weighted by Crippen LogP contribution is 2.37. The summed E-state index contributed by atoms with van der Waals surface area (Å²) in [7, 11) is 3.15. The maximum Gasteiger partial charge on any atom is 0.262 e. The summed E-state index contributed by atoms with van der Waals surface area (Å²) < 4.78 is 18.4. The average Bonchev–Trinajstić information content (AvgIpc) is 3.54. The van der Waals surface area contributed by atoms with E-state index in [4.69, 9.17) is 14.0 Å². The minimum absolute atomic E-state index is 0.213. The van der Waals surface area contributed by atoms with Crippen molar-refractivity contribution in [2.45, 2.75) is 32.2 Å². The predicted molar refractivity (Wildman–Crippen MR) is 127 cm³/mol. The number of imidazole rings is 1. The number of likely N-dealkylation sites (tertiary alicyclic amines) is 1. The molecule has 2 aromatic carbocycles. The van der Waals surface area contributed by atoms with Gasteiger partial charge in [0.25, 0.3) is 5.89 Å². The second kappa shape index (κ2) is 9.54. The van der Waals surface area contributed by atoms with Crippen molar-refractivity contribution in [1.29, 1.82) is 0 Å². The lowest BCUT2D eigenvalue weighted by molar-refractivity contribution is -0.132. The molecule has 0 bridgehead atoms. The van der Waals surface area contributed by atoms with Gasteiger partial charge in [-0.15, -0.1) is 0 Å². The molecule has 1 fully saturated rings. The topological polar surface area (TPSA) is 95.5 Å². The Morgan fingerprint density at radius 1 is 1.09 bits per heavy atom. The van der Waals surface area contributed by atoms with Crippen LogP contribution in [-0.4, -0.2) is 57.8 Å². The van der Waals surface area contributed by atoms with Gasteiger partial charge in [-0.05, 0) is 49.6 Å². The van der Waals surface area contributed by atoms with Gasteiger partial charge in [0.05, 0.1) is 37.1 Å². The van der Waals surface area contributed by atoms with Crippen LogP contribution in [0.4, 0.5) is 0 Å². The molecule has 1 amide bonds. The van der Waals surface area contributed by atoms with Crippen molar-refractivity contribution >= 4 is 16.9 Å². The Morgan fingerprint density at radius 2 is 1.94 bits per heavy atom. The number of aromatic nitrogens is 4. The number of benzene rings is 2. The van der Waals surface area contributed by atoms with Crippen LogP contribution in [0.25, 0.3) is 33.9 Å². The van der Waals surface area contributed by atoms with Gasteiger partial charge < -0.3 is 23.5 Å². The quantitative estimate of drug-likeness (QED) is 0.407. The minimum atomic E-state index is 0.213. The summed E-state index contributed by atoms with van der Waals surface area (Å²) in [5.41, 5.74) is 3.23. The number of para-hydroxylation sites is 1. The van der Waals surface area contributed by atoms with Gasteiger partial charge in [-0.2, -0.15) is 4.98 Å². The first kappa shape index (κ1) is 21.9. The lowest BCUT2D eigenvalue weighted by Crippen LogP contribution is -2.35. The second-order valence-electron chi connectivity index (χ2n) is 8.30. The van der Waals surface area contributed by atoms with Gasteiger partial charge >= 0.3 is 0 Å². The van der Waals surface area contributed by atoms with Crippen LogP contribution < -0.4 is 9.47 Å². The molecule has 0 N–H and O–H groups in total. The molecule has 0 atom stereocenters. The molecule has 9 heteroatoms. The third-order valence-electron chi connectivity index (χ3n) is 6.21. The van der Waals surface area contributed by atoms with E-state index in [1.165, 1.54) is 6.42 Å². The summed E-state index contributed by atoms with van der Waals surface area (Å²) in [6.07, 6.45) is 5.67. The summed E-state index contributed by atoms with van der Waals surface area (Å²) >= 11 is 0. The van der Waals surface area contributed by atoms with E-state index in [0.29, 0.717) is 41.7 Å². The number of hydrogen-bond acceptors (Lipinski definition) is 7. The first-order chi connectivity index (χ1) is 16.7. The number of piperidine rings is 1. The van der Waals surface area contributed by atoms with E-state index in [9.17, 15) is 4.79 Å². The molecule has 2 aromatic heterocycles. The van der Waals surface area contributed by atoms with Gasteiger partial charge in [0.15, 0.2) is 11.5 Å². The van der Waals surface area contributed by atoms with Crippen LogP contribution in [0.15, 0.2) is 47.2 Å². The lowest BCUT2D eigenvalue weighted by Gasteiger charge is -2.26. The Morgan fingerprint density at radius 3 is 2.74 bits per heavy atom. The van der Waals surface area contributed by atoms with Crippen molar-refractivity contribution in [2.75, 3.05) is 27.3 Å². The zero-order chi connectivity index (χ0) is 23.5. The monoisotopic (exact) mass is 461 g/mol. The average molecular weight is 462 g/mol. The summed E-state index contributed by atoms with van der Waals surface area (Å²) in [6, 6.07) is 11.3. The number of fused-ring (bicyclic) bond motifs is 1. The second-order valence-corrected chi connectivity index (χ2v) is 8.30. The Hall–Kier alpha value is -3.88. The van der Waals surface area contributed by atoms with Gasteiger partial charge in [0, 0.05) is 31.6 Å². The van der Waals surface area contributed by atoms with E-state index in [1.54, 1.807) is 20.5 Å². The summed E-state index contributed by atoms with van der Waals surface area (Å²) in [5, 5.41) is 4.15. The van der Waals surface area contributed by atoms with Crippen LogP contribution in [0.3, 0.4) is 0 Å². The van der Waals surface area contributed by atoms with Crippen molar-refractivity contribution in [3.8, 4) is 34.3 Å². The fraction of sp³-hybridized carbons (Fsp3) is 0.360. The summed E-state index contributed by atoms with van der Waals surface area (Å²) in [5.74, 6) is 2.13. The number of nitrogens with zero attached hydrogens (tertiary/aromatic N) is 5. The number of methoxy groups -OCH3 is 2.